The molecule has 1 aromatic heterocycles. The maximum atomic E-state index is 13.0. The van der Waals surface area contributed by atoms with Gasteiger partial charge in [-0.15, -0.1) is 0 Å². The van der Waals surface area contributed by atoms with Gasteiger partial charge >= 0.3 is 0 Å². The van der Waals surface area contributed by atoms with Crippen molar-refractivity contribution in [1.82, 2.24) is 10.2 Å². The van der Waals surface area contributed by atoms with E-state index in [4.69, 9.17) is 9.15 Å². The second kappa shape index (κ2) is 9.81. The number of hydrogen-bond acceptors (Lipinski definition) is 5. The molecule has 6 nitrogen and oxygen atoms in total. The Bertz CT molecular complexity index is 1100. The van der Waals surface area contributed by atoms with Gasteiger partial charge in [0.05, 0.1) is 31.6 Å². The average Bonchev–Trinajstić information content (AvgIpc) is 3.43. The van der Waals surface area contributed by atoms with E-state index in [1.807, 2.05) is 0 Å². The van der Waals surface area contributed by atoms with Gasteiger partial charge in [-0.3, -0.25) is 9.69 Å². The molecule has 1 saturated heterocycles. The van der Waals surface area contributed by atoms with Crippen molar-refractivity contribution in [1.29, 1.82) is 0 Å². The molecular formula is C27H31N3O3. The molecule has 5 rings (SSSR count). The minimum absolute atomic E-state index is 0.0996. The van der Waals surface area contributed by atoms with E-state index in [1.165, 1.54) is 16.8 Å². The zero-order valence-electron chi connectivity index (χ0n) is 19.1. The number of morpholine rings is 1. The summed E-state index contributed by atoms with van der Waals surface area (Å²) in [6.07, 6.45) is 2.62. The summed E-state index contributed by atoms with van der Waals surface area (Å²) in [6, 6.07) is 19.0. The van der Waals surface area contributed by atoms with Gasteiger partial charge in [0.25, 0.3) is 5.91 Å². The Labute approximate surface area is 195 Å². The lowest BCUT2D eigenvalue weighted by atomic mass is 10.1. The first kappa shape index (κ1) is 21.7. The third-order valence-corrected chi connectivity index (χ3v) is 6.61. The fraction of sp³-hybridized carbons (Fsp3) is 0.370. The molecule has 3 heterocycles. The third kappa shape index (κ3) is 4.97. The summed E-state index contributed by atoms with van der Waals surface area (Å²) in [7, 11) is 0. The summed E-state index contributed by atoms with van der Waals surface area (Å²) in [4.78, 5) is 17.7. The average molecular weight is 446 g/mol. The molecule has 0 radical (unpaired) electrons. The predicted octanol–water partition coefficient (Wildman–Crippen LogP) is 3.99. The molecule has 3 aromatic rings. The van der Waals surface area contributed by atoms with Crippen LogP contribution in [0.2, 0.25) is 0 Å². The number of nitrogens with zero attached hydrogens (tertiary/aromatic N) is 2. The Morgan fingerprint density at radius 1 is 1.03 bits per heavy atom. The predicted molar refractivity (Wildman–Crippen MR) is 128 cm³/mol. The van der Waals surface area contributed by atoms with Crippen LogP contribution in [0.1, 0.15) is 39.7 Å². The Morgan fingerprint density at radius 2 is 1.85 bits per heavy atom. The van der Waals surface area contributed by atoms with Crippen LogP contribution in [0.4, 0.5) is 5.69 Å². The largest absolute Gasteiger partial charge is 0.467 e. The van der Waals surface area contributed by atoms with E-state index in [2.05, 4.69) is 70.6 Å². The SMILES string of the molecule is CC1Cc2ccccc2N1Cc1occc1C(=O)NCc1cccc(CN2CCOCC2)c1. The van der Waals surface area contributed by atoms with Crippen LogP contribution >= 0.6 is 0 Å². The van der Waals surface area contributed by atoms with Crippen molar-refractivity contribution in [3.05, 3.63) is 88.9 Å². The molecule has 2 aliphatic rings. The van der Waals surface area contributed by atoms with Crippen molar-refractivity contribution in [2.24, 2.45) is 0 Å². The second-order valence-corrected chi connectivity index (χ2v) is 8.96. The van der Waals surface area contributed by atoms with Gasteiger partial charge in [0.2, 0.25) is 0 Å². The van der Waals surface area contributed by atoms with Crippen LogP contribution in [0.15, 0.2) is 65.3 Å². The highest BCUT2D eigenvalue weighted by Crippen LogP contribution is 2.33. The molecule has 0 saturated carbocycles. The first-order valence-electron chi connectivity index (χ1n) is 11.7. The van der Waals surface area contributed by atoms with E-state index in [9.17, 15) is 4.79 Å². The number of amides is 1. The van der Waals surface area contributed by atoms with Gasteiger partial charge < -0.3 is 19.4 Å². The maximum Gasteiger partial charge on any atom is 0.255 e. The minimum atomic E-state index is -0.0996. The summed E-state index contributed by atoms with van der Waals surface area (Å²) >= 11 is 0. The molecule has 0 bridgehead atoms. The van der Waals surface area contributed by atoms with Gasteiger partial charge in [-0.05, 0) is 42.2 Å². The van der Waals surface area contributed by atoms with E-state index in [-0.39, 0.29) is 5.91 Å². The number of benzene rings is 2. The highest BCUT2D eigenvalue weighted by atomic mass is 16.5. The monoisotopic (exact) mass is 445 g/mol. The van der Waals surface area contributed by atoms with Crippen molar-refractivity contribution in [2.45, 2.75) is 39.0 Å². The maximum absolute atomic E-state index is 13.0. The van der Waals surface area contributed by atoms with Crippen LogP contribution in [0.5, 0.6) is 0 Å². The van der Waals surface area contributed by atoms with Crippen LogP contribution in [0, 0.1) is 0 Å². The number of para-hydroxylation sites is 1. The highest BCUT2D eigenvalue weighted by Gasteiger charge is 2.28. The van der Waals surface area contributed by atoms with Gasteiger partial charge in [-0.1, -0.05) is 42.5 Å². The molecule has 1 N–H and O–H groups in total. The Balaban J connectivity index is 1.21. The fourth-order valence-corrected chi connectivity index (χ4v) is 4.82. The van der Waals surface area contributed by atoms with Crippen LogP contribution in [0.3, 0.4) is 0 Å². The lowest BCUT2D eigenvalue weighted by Gasteiger charge is -2.26. The molecular weight excluding hydrogens is 414 g/mol. The molecule has 0 spiro atoms. The third-order valence-electron chi connectivity index (χ3n) is 6.61. The molecule has 1 atom stereocenters. The summed E-state index contributed by atoms with van der Waals surface area (Å²) < 4.78 is 11.2. The molecule has 2 aromatic carbocycles. The molecule has 1 amide bonds. The number of furan rings is 1. The highest BCUT2D eigenvalue weighted by molar-refractivity contribution is 5.95. The Morgan fingerprint density at radius 3 is 2.73 bits per heavy atom. The van der Waals surface area contributed by atoms with Crippen LogP contribution in [0.25, 0.3) is 0 Å². The lowest BCUT2D eigenvalue weighted by molar-refractivity contribution is 0.0342. The van der Waals surface area contributed by atoms with Crippen molar-refractivity contribution >= 4 is 11.6 Å². The number of nitrogens with one attached hydrogen (secondary N) is 1. The Hall–Kier alpha value is -3.09. The number of ether oxygens (including phenoxy) is 1. The summed E-state index contributed by atoms with van der Waals surface area (Å²) in [5.41, 5.74) is 5.54. The number of fused-ring (bicyclic) bond motifs is 1. The van der Waals surface area contributed by atoms with Gasteiger partial charge in [-0.2, -0.15) is 0 Å². The van der Waals surface area contributed by atoms with Crippen LogP contribution in [-0.4, -0.2) is 43.2 Å². The van der Waals surface area contributed by atoms with E-state index < -0.39 is 0 Å². The number of carbonyl (C=O) groups is 1. The zero-order valence-corrected chi connectivity index (χ0v) is 19.1. The normalized spacial score (nSPS) is 18.3. The number of hydrogen-bond donors (Lipinski definition) is 1. The molecule has 6 heteroatoms. The van der Waals surface area contributed by atoms with Gasteiger partial charge in [0.15, 0.2) is 0 Å². The summed E-state index contributed by atoms with van der Waals surface area (Å²) in [6.45, 7) is 7.72. The van der Waals surface area contributed by atoms with Crippen molar-refractivity contribution in [2.75, 3.05) is 31.2 Å². The smallest absolute Gasteiger partial charge is 0.255 e. The van der Waals surface area contributed by atoms with Gasteiger partial charge in [-0.25, -0.2) is 0 Å². The van der Waals surface area contributed by atoms with Gasteiger partial charge in [0, 0.05) is 37.9 Å². The molecule has 1 fully saturated rings. The van der Waals surface area contributed by atoms with Crippen molar-refractivity contribution in [3.8, 4) is 0 Å². The first-order chi connectivity index (χ1) is 16.2. The standard InChI is InChI=1S/C27H31N3O3/c1-20-15-23-7-2-3-8-25(23)30(20)19-26-24(9-12-33-26)27(31)28-17-21-5-4-6-22(16-21)18-29-10-13-32-14-11-29/h2-9,12,16,20H,10-11,13-15,17-19H2,1H3,(H,28,31). The quantitative estimate of drug-likeness (QED) is 0.596. The summed E-state index contributed by atoms with van der Waals surface area (Å²) in [5.74, 6) is 0.606. The summed E-state index contributed by atoms with van der Waals surface area (Å²) in [5, 5.41) is 3.08. The Kier molecular flexibility index (Phi) is 6.46. The van der Waals surface area contributed by atoms with Crippen LogP contribution < -0.4 is 10.2 Å². The van der Waals surface area contributed by atoms with Gasteiger partial charge in [0.1, 0.15) is 5.76 Å². The molecule has 172 valence electrons. The minimum Gasteiger partial charge on any atom is -0.467 e. The number of carbonyl (C=O) groups excluding carboxylic acids is 1. The van der Waals surface area contributed by atoms with E-state index in [0.717, 1.165) is 44.8 Å². The van der Waals surface area contributed by atoms with Crippen molar-refractivity contribution in [3.63, 3.8) is 0 Å². The lowest BCUT2D eigenvalue weighted by Crippen LogP contribution is -2.35. The number of rotatable bonds is 7. The zero-order chi connectivity index (χ0) is 22.6. The fourth-order valence-electron chi connectivity index (χ4n) is 4.82. The first-order valence-corrected chi connectivity index (χ1v) is 11.7. The van der Waals surface area contributed by atoms with Crippen LogP contribution in [-0.2, 0) is 30.8 Å². The number of anilines is 1. The molecule has 0 aliphatic carbocycles. The second-order valence-electron chi connectivity index (χ2n) is 8.96. The van der Waals surface area contributed by atoms with E-state index >= 15 is 0 Å². The molecule has 33 heavy (non-hydrogen) atoms. The molecule has 2 aliphatic heterocycles. The van der Waals surface area contributed by atoms with E-state index in [0.29, 0.717) is 30.5 Å². The van der Waals surface area contributed by atoms with E-state index in [1.54, 1.807) is 12.3 Å². The topological polar surface area (TPSA) is 58.0 Å². The molecule has 1 unspecified atom stereocenters. The van der Waals surface area contributed by atoms with Crippen molar-refractivity contribution < 1.29 is 13.9 Å².